The molecule has 0 bridgehead atoms. The van der Waals surface area contributed by atoms with Crippen LogP contribution < -0.4 is 10.5 Å². The van der Waals surface area contributed by atoms with Crippen LogP contribution in [0.15, 0.2) is 30.5 Å². The number of para-hydroxylation sites is 1. The van der Waals surface area contributed by atoms with Crippen LogP contribution in [0.3, 0.4) is 0 Å². The molecule has 1 aromatic carbocycles. The highest BCUT2D eigenvalue weighted by molar-refractivity contribution is 5.39. The molecule has 2 rings (SSSR count). The summed E-state index contributed by atoms with van der Waals surface area (Å²) in [7, 11) is 1.54. The summed E-state index contributed by atoms with van der Waals surface area (Å²) in [5.41, 5.74) is 6.74. The molecule has 0 aliphatic carbocycles. The molecule has 2 N–H and O–H groups in total. The van der Waals surface area contributed by atoms with Gasteiger partial charge in [0.25, 0.3) is 0 Å². The molecular formula is C12H14FN3O. The average molecular weight is 235 g/mol. The molecule has 4 nitrogen and oxygen atoms in total. The van der Waals surface area contributed by atoms with Crippen molar-refractivity contribution in [3.8, 4) is 11.6 Å². The van der Waals surface area contributed by atoms with Crippen molar-refractivity contribution in [2.75, 3.05) is 13.7 Å². The standard InChI is InChI=1S/C12H14FN3O/c1-17-12-9(6-7-14)8-15-16(12)11-5-3-2-4-10(11)13/h2-5,8H,6-7,14H2,1H3. The maximum atomic E-state index is 13.6. The van der Waals surface area contributed by atoms with Crippen molar-refractivity contribution in [2.24, 2.45) is 5.73 Å². The molecular weight excluding hydrogens is 221 g/mol. The fraction of sp³-hybridized carbons (Fsp3) is 0.250. The average Bonchev–Trinajstić information content (AvgIpc) is 2.73. The number of aromatic nitrogens is 2. The van der Waals surface area contributed by atoms with E-state index in [-0.39, 0.29) is 5.82 Å². The third-order valence-electron chi connectivity index (χ3n) is 2.48. The number of benzene rings is 1. The smallest absolute Gasteiger partial charge is 0.219 e. The van der Waals surface area contributed by atoms with Crippen LogP contribution in [0.2, 0.25) is 0 Å². The normalized spacial score (nSPS) is 10.5. The predicted molar refractivity (Wildman–Crippen MR) is 62.8 cm³/mol. The van der Waals surface area contributed by atoms with Gasteiger partial charge in [0.15, 0.2) is 0 Å². The minimum Gasteiger partial charge on any atom is -0.481 e. The van der Waals surface area contributed by atoms with Gasteiger partial charge in [0.2, 0.25) is 5.88 Å². The second-order valence-corrected chi connectivity index (χ2v) is 3.58. The van der Waals surface area contributed by atoms with Gasteiger partial charge in [0.1, 0.15) is 11.5 Å². The zero-order valence-electron chi connectivity index (χ0n) is 9.56. The van der Waals surface area contributed by atoms with Crippen LogP contribution >= 0.6 is 0 Å². The number of ether oxygens (including phenoxy) is 1. The lowest BCUT2D eigenvalue weighted by atomic mass is 10.2. The Balaban J connectivity index is 2.49. The molecule has 17 heavy (non-hydrogen) atoms. The molecule has 0 unspecified atom stereocenters. The molecule has 0 saturated heterocycles. The van der Waals surface area contributed by atoms with E-state index in [0.717, 1.165) is 5.56 Å². The number of hydrogen-bond acceptors (Lipinski definition) is 3. The highest BCUT2D eigenvalue weighted by Crippen LogP contribution is 2.23. The summed E-state index contributed by atoms with van der Waals surface area (Å²) in [4.78, 5) is 0. The Morgan fingerprint density at radius 3 is 2.82 bits per heavy atom. The van der Waals surface area contributed by atoms with Gasteiger partial charge in [0, 0.05) is 5.56 Å². The lowest BCUT2D eigenvalue weighted by Gasteiger charge is -2.08. The van der Waals surface area contributed by atoms with E-state index < -0.39 is 0 Å². The highest BCUT2D eigenvalue weighted by Gasteiger charge is 2.14. The van der Waals surface area contributed by atoms with E-state index in [9.17, 15) is 4.39 Å². The summed E-state index contributed by atoms with van der Waals surface area (Å²) in [6, 6.07) is 6.42. The predicted octanol–water partition coefficient (Wildman–Crippen LogP) is 1.52. The summed E-state index contributed by atoms with van der Waals surface area (Å²) < 4.78 is 20.3. The van der Waals surface area contributed by atoms with Gasteiger partial charge in [0.05, 0.1) is 13.3 Å². The van der Waals surface area contributed by atoms with Gasteiger partial charge in [-0.1, -0.05) is 12.1 Å². The van der Waals surface area contributed by atoms with Crippen molar-refractivity contribution in [1.82, 2.24) is 9.78 Å². The van der Waals surface area contributed by atoms with Crippen LogP contribution in [0.4, 0.5) is 4.39 Å². The topological polar surface area (TPSA) is 53.1 Å². The van der Waals surface area contributed by atoms with E-state index in [1.165, 1.54) is 17.9 Å². The lowest BCUT2D eigenvalue weighted by Crippen LogP contribution is -2.06. The van der Waals surface area contributed by atoms with Crippen LogP contribution in [0.1, 0.15) is 5.56 Å². The van der Waals surface area contributed by atoms with Gasteiger partial charge in [-0.15, -0.1) is 0 Å². The molecule has 1 heterocycles. The van der Waals surface area contributed by atoms with Gasteiger partial charge >= 0.3 is 0 Å². The molecule has 5 heteroatoms. The van der Waals surface area contributed by atoms with Gasteiger partial charge < -0.3 is 10.5 Å². The zero-order valence-corrected chi connectivity index (χ0v) is 9.56. The SMILES string of the molecule is COc1c(CCN)cnn1-c1ccccc1F. The van der Waals surface area contributed by atoms with E-state index in [1.54, 1.807) is 24.4 Å². The van der Waals surface area contributed by atoms with Crippen LogP contribution in [-0.4, -0.2) is 23.4 Å². The maximum absolute atomic E-state index is 13.6. The summed E-state index contributed by atoms with van der Waals surface area (Å²) in [5.74, 6) is 0.189. The number of nitrogens with zero attached hydrogens (tertiary/aromatic N) is 2. The molecule has 0 aliphatic rings. The van der Waals surface area contributed by atoms with Crippen molar-refractivity contribution < 1.29 is 9.13 Å². The third-order valence-corrected chi connectivity index (χ3v) is 2.48. The van der Waals surface area contributed by atoms with Crippen molar-refractivity contribution in [3.05, 3.63) is 41.8 Å². The first-order valence-electron chi connectivity index (χ1n) is 5.33. The molecule has 0 amide bonds. The van der Waals surface area contributed by atoms with Gasteiger partial charge in [-0.2, -0.15) is 9.78 Å². The number of rotatable bonds is 4. The van der Waals surface area contributed by atoms with Gasteiger partial charge in [-0.05, 0) is 25.1 Å². The Morgan fingerprint density at radius 1 is 1.41 bits per heavy atom. The summed E-state index contributed by atoms with van der Waals surface area (Å²) in [6.07, 6.45) is 2.30. The Morgan fingerprint density at radius 2 is 2.18 bits per heavy atom. The first kappa shape index (κ1) is 11.6. The largest absolute Gasteiger partial charge is 0.481 e. The van der Waals surface area contributed by atoms with Crippen molar-refractivity contribution in [2.45, 2.75) is 6.42 Å². The van der Waals surface area contributed by atoms with E-state index in [4.69, 9.17) is 10.5 Å². The number of nitrogens with two attached hydrogens (primary N) is 1. The van der Waals surface area contributed by atoms with E-state index in [1.807, 2.05) is 0 Å². The van der Waals surface area contributed by atoms with Gasteiger partial charge in [-0.3, -0.25) is 0 Å². The summed E-state index contributed by atoms with van der Waals surface area (Å²) in [5, 5.41) is 4.13. The van der Waals surface area contributed by atoms with Crippen LogP contribution in [0.25, 0.3) is 5.69 Å². The molecule has 0 aliphatic heterocycles. The fourth-order valence-corrected chi connectivity index (χ4v) is 1.71. The minimum atomic E-state index is -0.340. The second kappa shape index (κ2) is 4.97. The van der Waals surface area contributed by atoms with Crippen LogP contribution in [0, 0.1) is 5.82 Å². The molecule has 2 aromatic rings. The number of methoxy groups -OCH3 is 1. The minimum absolute atomic E-state index is 0.340. The number of halogens is 1. The van der Waals surface area contributed by atoms with Crippen molar-refractivity contribution >= 4 is 0 Å². The lowest BCUT2D eigenvalue weighted by molar-refractivity contribution is 0.377. The second-order valence-electron chi connectivity index (χ2n) is 3.58. The highest BCUT2D eigenvalue weighted by atomic mass is 19.1. The molecule has 0 spiro atoms. The Bertz CT molecular complexity index is 510. The monoisotopic (exact) mass is 235 g/mol. The zero-order chi connectivity index (χ0) is 12.3. The molecule has 0 radical (unpaired) electrons. The first-order valence-corrected chi connectivity index (χ1v) is 5.33. The maximum Gasteiger partial charge on any atom is 0.219 e. The molecule has 0 saturated carbocycles. The van der Waals surface area contributed by atoms with Crippen LogP contribution in [-0.2, 0) is 6.42 Å². The van der Waals surface area contributed by atoms with E-state index in [0.29, 0.717) is 24.5 Å². The number of hydrogen-bond donors (Lipinski definition) is 1. The van der Waals surface area contributed by atoms with E-state index >= 15 is 0 Å². The van der Waals surface area contributed by atoms with Crippen molar-refractivity contribution in [3.63, 3.8) is 0 Å². The van der Waals surface area contributed by atoms with E-state index in [2.05, 4.69) is 5.10 Å². The fourth-order valence-electron chi connectivity index (χ4n) is 1.71. The molecule has 0 fully saturated rings. The summed E-state index contributed by atoms with van der Waals surface area (Å²) in [6.45, 7) is 0.499. The molecule has 0 atom stereocenters. The Hall–Kier alpha value is -1.88. The third kappa shape index (κ3) is 2.14. The van der Waals surface area contributed by atoms with Gasteiger partial charge in [-0.25, -0.2) is 4.39 Å². The van der Waals surface area contributed by atoms with Crippen LogP contribution in [0.5, 0.6) is 5.88 Å². The van der Waals surface area contributed by atoms with Crippen molar-refractivity contribution in [1.29, 1.82) is 0 Å². The molecule has 1 aromatic heterocycles. The summed E-state index contributed by atoms with van der Waals surface area (Å²) >= 11 is 0. The Kier molecular flexibility index (Phi) is 3.39. The molecule has 90 valence electrons. The first-order chi connectivity index (χ1) is 8.27. The Labute approximate surface area is 98.8 Å². The quantitative estimate of drug-likeness (QED) is 0.874.